The number of nitrogen functional groups attached to an aromatic ring is 1. The van der Waals surface area contributed by atoms with Crippen molar-refractivity contribution in [1.82, 2.24) is 14.9 Å². The average Bonchev–Trinajstić information content (AvgIpc) is 2.48. The molecule has 0 aliphatic heterocycles. The molecule has 3 N–H and O–H groups in total. The number of nitrogens with zero attached hydrogens (tertiary/aromatic N) is 3. The van der Waals surface area contributed by atoms with Crippen LogP contribution in [0.15, 0.2) is 36.7 Å². The van der Waals surface area contributed by atoms with Gasteiger partial charge in [-0.15, -0.1) is 0 Å². The number of anilines is 1. The van der Waals surface area contributed by atoms with Gasteiger partial charge in [0.15, 0.2) is 5.82 Å². The van der Waals surface area contributed by atoms with E-state index in [1.165, 1.54) is 29.4 Å². The molecule has 1 amide bonds. The Hall–Kier alpha value is -2.54. The van der Waals surface area contributed by atoms with Crippen LogP contribution >= 0.6 is 0 Å². The Morgan fingerprint density at radius 2 is 2.05 bits per heavy atom. The number of nitrogens with two attached hydrogens (primary N) is 1. The van der Waals surface area contributed by atoms with Gasteiger partial charge in [0.25, 0.3) is 5.91 Å². The largest absolute Gasteiger partial charge is 0.336 e. The van der Waals surface area contributed by atoms with Crippen molar-refractivity contribution in [2.75, 3.05) is 12.5 Å². The fraction of sp³-hybridized carbons (Fsp3) is 0.154. The minimum Gasteiger partial charge on any atom is -0.336 e. The van der Waals surface area contributed by atoms with E-state index in [0.29, 0.717) is 12.4 Å². The maximum absolute atomic E-state index is 12.8. The highest BCUT2D eigenvalue weighted by Gasteiger charge is 2.14. The number of rotatable bonds is 4. The van der Waals surface area contributed by atoms with Gasteiger partial charge in [-0.3, -0.25) is 9.78 Å². The van der Waals surface area contributed by atoms with Crippen molar-refractivity contribution in [3.63, 3.8) is 0 Å². The van der Waals surface area contributed by atoms with Crippen LogP contribution in [0.2, 0.25) is 0 Å². The summed E-state index contributed by atoms with van der Waals surface area (Å²) < 4.78 is 12.8. The minimum atomic E-state index is -0.310. The molecular formula is C13H14FN5O. The van der Waals surface area contributed by atoms with E-state index in [1.807, 2.05) is 0 Å². The van der Waals surface area contributed by atoms with E-state index >= 15 is 0 Å². The molecule has 1 heterocycles. The number of halogens is 1. The highest BCUT2D eigenvalue weighted by molar-refractivity contribution is 5.92. The van der Waals surface area contributed by atoms with Crippen molar-refractivity contribution in [1.29, 1.82) is 0 Å². The van der Waals surface area contributed by atoms with E-state index in [0.717, 1.165) is 5.56 Å². The molecule has 1 aromatic carbocycles. The molecule has 0 saturated heterocycles. The van der Waals surface area contributed by atoms with Gasteiger partial charge in [-0.2, -0.15) is 0 Å². The first kappa shape index (κ1) is 13.9. The molecule has 0 atom stereocenters. The van der Waals surface area contributed by atoms with Crippen LogP contribution in [-0.4, -0.2) is 27.8 Å². The molecule has 0 saturated carbocycles. The summed E-state index contributed by atoms with van der Waals surface area (Å²) in [6.45, 7) is 0.348. The second-order valence-corrected chi connectivity index (χ2v) is 4.22. The van der Waals surface area contributed by atoms with Crippen molar-refractivity contribution in [3.05, 3.63) is 53.7 Å². The molecule has 104 valence electrons. The van der Waals surface area contributed by atoms with Crippen LogP contribution in [0.4, 0.5) is 10.2 Å². The highest BCUT2D eigenvalue weighted by Crippen LogP contribution is 2.09. The van der Waals surface area contributed by atoms with Crippen molar-refractivity contribution >= 4 is 11.7 Å². The van der Waals surface area contributed by atoms with Crippen LogP contribution in [-0.2, 0) is 6.54 Å². The van der Waals surface area contributed by atoms with Crippen LogP contribution in [0.25, 0.3) is 0 Å². The van der Waals surface area contributed by atoms with Gasteiger partial charge in [0.2, 0.25) is 0 Å². The van der Waals surface area contributed by atoms with E-state index in [4.69, 9.17) is 5.84 Å². The summed E-state index contributed by atoms with van der Waals surface area (Å²) in [7, 11) is 1.63. The summed E-state index contributed by atoms with van der Waals surface area (Å²) in [4.78, 5) is 21.5. The Bertz CT molecular complexity index is 602. The third kappa shape index (κ3) is 3.27. The van der Waals surface area contributed by atoms with Crippen molar-refractivity contribution in [2.45, 2.75) is 6.54 Å². The topological polar surface area (TPSA) is 84.1 Å². The molecule has 0 bridgehead atoms. The predicted molar refractivity (Wildman–Crippen MR) is 72.0 cm³/mol. The molecular weight excluding hydrogens is 261 g/mol. The van der Waals surface area contributed by atoms with Gasteiger partial charge in [0.1, 0.15) is 11.5 Å². The van der Waals surface area contributed by atoms with Crippen molar-refractivity contribution in [3.8, 4) is 0 Å². The summed E-state index contributed by atoms with van der Waals surface area (Å²) >= 11 is 0. The summed E-state index contributed by atoms with van der Waals surface area (Å²) in [6, 6.07) is 5.96. The number of hydrogen-bond acceptors (Lipinski definition) is 5. The van der Waals surface area contributed by atoms with Gasteiger partial charge < -0.3 is 10.3 Å². The van der Waals surface area contributed by atoms with E-state index < -0.39 is 0 Å². The molecule has 0 spiro atoms. The summed E-state index contributed by atoms with van der Waals surface area (Å²) in [5.41, 5.74) is 3.34. The number of benzene rings is 1. The smallest absolute Gasteiger partial charge is 0.274 e. The van der Waals surface area contributed by atoms with Gasteiger partial charge in [-0.1, -0.05) is 12.1 Å². The SMILES string of the molecule is CN(Cc1ccc(F)cc1)C(=O)c1cncc(NN)n1. The molecule has 0 radical (unpaired) electrons. The number of amides is 1. The maximum Gasteiger partial charge on any atom is 0.274 e. The number of hydrazine groups is 1. The van der Waals surface area contributed by atoms with Crippen LogP contribution in [0, 0.1) is 5.82 Å². The lowest BCUT2D eigenvalue weighted by atomic mass is 10.2. The predicted octanol–water partition coefficient (Wildman–Crippen LogP) is 1.17. The zero-order valence-electron chi connectivity index (χ0n) is 10.9. The molecule has 1 aromatic heterocycles. The molecule has 0 fully saturated rings. The second kappa shape index (κ2) is 6.07. The Morgan fingerprint density at radius 1 is 1.35 bits per heavy atom. The minimum absolute atomic E-state index is 0.185. The Balaban J connectivity index is 2.09. The molecule has 0 unspecified atom stereocenters. The van der Waals surface area contributed by atoms with Gasteiger partial charge in [0.05, 0.1) is 12.4 Å². The van der Waals surface area contributed by atoms with Crippen molar-refractivity contribution < 1.29 is 9.18 Å². The Labute approximate surface area is 115 Å². The van der Waals surface area contributed by atoms with Crippen molar-refractivity contribution in [2.24, 2.45) is 5.84 Å². The number of carbonyl (C=O) groups is 1. The molecule has 6 nitrogen and oxygen atoms in total. The van der Waals surface area contributed by atoms with Crippen LogP contribution in [0.1, 0.15) is 16.1 Å². The van der Waals surface area contributed by atoms with Crippen LogP contribution in [0.3, 0.4) is 0 Å². The monoisotopic (exact) mass is 275 g/mol. The van der Waals surface area contributed by atoms with Crippen LogP contribution in [0.5, 0.6) is 0 Å². The van der Waals surface area contributed by atoms with Crippen LogP contribution < -0.4 is 11.3 Å². The van der Waals surface area contributed by atoms with Gasteiger partial charge >= 0.3 is 0 Å². The molecule has 0 aliphatic rings. The number of carbonyl (C=O) groups excluding carboxylic acids is 1. The van der Waals surface area contributed by atoms with E-state index in [1.54, 1.807) is 19.2 Å². The summed E-state index contributed by atoms with van der Waals surface area (Å²) in [5, 5.41) is 0. The molecule has 2 aromatic rings. The third-order valence-corrected chi connectivity index (χ3v) is 2.68. The zero-order chi connectivity index (χ0) is 14.5. The highest BCUT2D eigenvalue weighted by atomic mass is 19.1. The van der Waals surface area contributed by atoms with Gasteiger partial charge in [-0.25, -0.2) is 15.2 Å². The Kier molecular flexibility index (Phi) is 4.21. The lowest BCUT2D eigenvalue weighted by molar-refractivity contribution is 0.0779. The first-order valence-corrected chi connectivity index (χ1v) is 5.88. The zero-order valence-corrected chi connectivity index (χ0v) is 10.9. The lowest BCUT2D eigenvalue weighted by Gasteiger charge is -2.16. The summed E-state index contributed by atoms with van der Waals surface area (Å²) in [5.74, 6) is 4.93. The van der Waals surface area contributed by atoms with E-state index in [2.05, 4.69) is 15.4 Å². The number of aromatic nitrogens is 2. The van der Waals surface area contributed by atoms with E-state index in [9.17, 15) is 9.18 Å². The molecule has 20 heavy (non-hydrogen) atoms. The first-order chi connectivity index (χ1) is 9.60. The fourth-order valence-electron chi connectivity index (χ4n) is 1.67. The lowest BCUT2D eigenvalue weighted by Crippen LogP contribution is -2.27. The third-order valence-electron chi connectivity index (χ3n) is 2.68. The molecule has 7 heteroatoms. The standard InChI is InChI=1S/C13H14FN5O/c1-19(8-9-2-4-10(14)5-3-9)13(20)11-6-16-7-12(17-11)18-15/h2-7H,8,15H2,1H3,(H,17,18). The Morgan fingerprint density at radius 3 is 2.70 bits per heavy atom. The average molecular weight is 275 g/mol. The molecule has 0 aliphatic carbocycles. The normalized spacial score (nSPS) is 10.2. The fourth-order valence-corrected chi connectivity index (χ4v) is 1.67. The second-order valence-electron chi connectivity index (χ2n) is 4.22. The molecule has 2 rings (SSSR count). The quantitative estimate of drug-likeness (QED) is 0.646. The first-order valence-electron chi connectivity index (χ1n) is 5.88. The van der Waals surface area contributed by atoms with E-state index in [-0.39, 0.29) is 17.4 Å². The maximum atomic E-state index is 12.8. The van der Waals surface area contributed by atoms with Gasteiger partial charge in [-0.05, 0) is 17.7 Å². The number of hydrogen-bond donors (Lipinski definition) is 2. The summed E-state index contributed by atoms with van der Waals surface area (Å²) in [6.07, 6.45) is 2.78. The number of nitrogens with one attached hydrogen (secondary N) is 1. The van der Waals surface area contributed by atoms with Gasteiger partial charge in [0, 0.05) is 13.6 Å².